The molecule has 42 heavy (non-hydrogen) atoms. The van der Waals surface area contributed by atoms with Crippen LogP contribution in [-0.4, -0.2) is 65.8 Å². The number of anilines is 1. The average molecular weight is 582 g/mol. The summed E-state index contributed by atoms with van der Waals surface area (Å²) >= 11 is 0. The van der Waals surface area contributed by atoms with Crippen LogP contribution in [-0.2, 0) is 22.6 Å². The van der Waals surface area contributed by atoms with E-state index in [1.54, 1.807) is 7.11 Å². The van der Waals surface area contributed by atoms with Crippen LogP contribution in [0, 0.1) is 11.6 Å². The van der Waals surface area contributed by atoms with Crippen LogP contribution >= 0.6 is 0 Å². The summed E-state index contributed by atoms with van der Waals surface area (Å²) in [7, 11) is 1.74. The van der Waals surface area contributed by atoms with Crippen LogP contribution in [0.1, 0.15) is 35.4 Å². The first-order valence-electron chi connectivity index (χ1n) is 14.8. The van der Waals surface area contributed by atoms with Crippen molar-refractivity contribution in [1.29, 1.82) is 0 Å². The number of rotatable bonds is 14. The summed E-state index contributed by atoms with van der Waals surface area (Å²) < 4.78 is 50.0. The molecule has 2 heterocycles. The van der Waals surface area contributed by atoms with Gasteiger partial charge in [-0.25, -0.2) is 8.78 Å². The Labute approximate surface area is 247 Å². The molecule has 2 aliphatic heterocycles. The highest BCUT2D eigenvalue weighted by molar-refractivity contribution is 5.61. The topological polar surface area (TPSA) is 64.2 Å². The molecule has 1 saturated heterocycles. The molecule has 9 heteroatoms. The highest BCUT2D eigenvalue weighted by Crippen LogP contribution is 2.34. The Morgan fingerprint density at radius 2 is 1.88 bits per heavy atom. The van der Waals surface area contributed by atoms with Crippen molar-refractivity contribution >= 4 is 5.69 Å². The molecule has 0 saturated carbocycles. The molecule has 5 rings (SSSR count). The third kappa shape index (κ3) is 8.19. The minimum absolute atomic E-state index is 0.0690. The van der Waals surface area contributed by atoms with E-state index < -0.39 is 11.6 Å². The van der Waals surface area contributed by atoms with E-state index in [9.17, 15) is 8.78 Å². The Kier molecular flexibility index (Phi) is 11.0. The number of methoxy groups -OCH3 is 1. The predicted octanol–water partition coefficient (Wildman–Crippen LogP) is 5.03. The number of nitrogens with zero attached hydrogens (tertiary/aromatic N) is 1. The third-order valence-electron chi connectivity index (χ3n) is 7.82. The van der Waals surface area contributed by atoms with Crippen molar-refractivity contribution in [2.24, 2.45) is 0 Å². The molecule has 0 spiro atoms. The number of ether oxygens (including phenoxy) is 4. The van der Waals surface area contributed by atoms with E-state index in [0.29, 0.717) is 32.2 Å². The average Bonchev–Trinajstić information content (AvgIpc) is 3.02. The summed E-state index contributed by atoms with van der Waals surface area (Å²) in [5.74, 6) is 0.0946. The van der Waals surface area contributed by atoms with Crippen molar-refractivity contribution < 1.29 is 27.7 Å². The van der Waals surface area contributed by atoms with E-state index in [-0.39, 0.29) is 18.5 Å². The molecule has 1 fully saturated rings. The maximum absolute atomic E-state index is 13.7. The number of hydrogen-bond donors (Lipinski definition) is 2. The maximum Gasteiger partial charge on any atom is 0.165 e. The molecule has 226 valence electrons. The van der Waals surface area contributed by atoms with E-state index in [1.165, 1.54) is 5.56 Å². The Balaban J connectivity index is 1.11. The van der Waals surface area contributed by atoms with Gasteiger partial charge in [0.15, 0.2) is 11.6 Å². The first kappa shape index (κ1) is 30.2. The fourth-order valence-electron chi connectivity index (χ4n) is 5.57. The molecular weight excluding hydrogens is 540 g/mol. The van der Waals surface area contributed by atoms with Crippen LogP contribution in [0.4, 0.5) is 14.5 Å². The lowest BCUT2D eigenvalue weighted by molar-refractivity contribution is 0.0106. The van der Waals surface area contributed by atoms with Gasteiger partial charge in [0.1, 0.15) is 24.8 Å². The second kappa shape index (κ2) is 15.3. The molecule has 0 radical (unpaired) electrons. The van der Waals surface area contributed by atoms with Crippen molar-refractivity contribution in [2.45, 2.75) is 38.0 Å². The number of hydrogen-bond acceptors (Lipinski definition) is 7. The Morgan fingerprint density at radius 1 is 1.02 bits per heavy atom. The number of piperidine rings is 1. The van der Waals surface area contributed by atoms with E-state index in [2.05, 4.69) is 58.0 Å². The van der Waals surface area contributed by atoms with Gasteiger partial charge in [0, 0.05) is 51.9 Å². The minimum atomic E-state index is -0.565. The molecular formula is C33H41F2N3O4. The Hall–Kier alpha value is -3.24. The Bertz CT molecular complexity index is 1280. The number of halogens is 2. The number of nitrogens with one attached hydrogen (secondary N) is 2. The summed E-state index contributed by atoms with van der Waals surface area (Å²) in [5.41, 5.74) is 4.70. The molecule has 2 atom stereocenters. The molecule has 3 aromatic carbocycles. The van der Waals surface area contributed by atoms with Crippen LogP contribution in [0.5, 0.6) is 11.5 Å². The van der Waals surface area contributed by atoms with E-state index >= 15 is 0 Å². The summed E-state index contributed by atoms with van der Waals surface area (Å²) in [6.07, 6.45) is 2.07. The van der Waals surface area contributed by atoms with E-state index in [4.69, 9.17) is 18.9 Å². The Morgan fingerprint density at radius 3 is 2.74 bits per heavy atom. The zero-order chi connectivity index (χ0) is 29.1. The molecule has 7 nitrogen and oxygen atoms in total. The van der Waals surface area contributed by atoms with Crippen molar-refractivity contribution in [1.82, 2.24) is 10.6 Å². The van der Waals surface area contributed by atoms with Gasteiger partial charge in [-0.15, -0.1) is 0 Å². The van der Waals surface area contributed by atoms with Crippen molar-refractivity contribution in [2.75, 3.05) is 64.6 Å². The van der Waals surface area contributed by atoms with Gasteiger partial charge in [0.2, 0.25) is 0 Å². The molecule has 0 aliphatic carbocycles. The number of benzene rings is 3. The fourth-order valence-corrected chi connectivity index (χ4v) is 5.57. The molecule has 3 aromatic rings. The second-order valence-electron chi connectivity index (χ2n) is 10.8. The van der Waals surface area contributed by atoms with Gasteiger partial charge >= 0.3 is 0 Å². The molecule has 2 aliphatic rings. The lowest BCUT2D eigenvalue weighted by Gasteiger charge is -2.33. The lowest BCUT2D eigenvalue weighted by Crippen LogP contribution is -2.41. The summed E-state index contributed by atoms with van der Waals surface area (Å²) in [4.78, 5) is 2.37. The zero-order valence-electron chi connectivity index (χ0n) is 24.2. The zero-order valence-corrected chi connectivity index (χ0v) is 24.2. The van der Waals surface area contributed by atoms with Crippen LogP contribution < -0.4 is 25.0 Å². The second-order valence-corrected chi connectivity index (χ2v) is 10.8. The third-order valence-corrected chi connectivity index (χ3v) is 7.82. The van der Waals surface area contributed by atoms with Crippen LogP contribution in [0.3, 0.4) is 0 Å². The molecule has 0 amide bonds. The van der Waals surface area contributed by atoms with Gasteiger partial charge in [-0.1, -0.05) is 30.3 Å². The highest BCUT2D eigenvalue weighted by atomic mass is 19.1. The quantitative estimate of drug-likeness (QED) is 0.259. The summed E-state index contributed by atoms with van der Waals surface area (Å²) in [5, 5.41) is 6.79. The van der Waals surface area contributed by atoms with Crippen molar-refractivity contribution in [3.05, 3.63) is 89.0 Å². The van der Waals surface area contributed by atoms with Gasteiger partial charge in [-0.2, -0.15) is 0 Å². The normalized spacial score (nSPS) is 18.4. The number of fused-ring (bicyclic) bond motifs is 1. The van der Waals surface area contributed by atoms with Crippen LogP contribution in [0.25, 0.3) is 0 Å². The van der Waals surface area contributed by atoms with Gasteiger partial charge < -0.3 is 34.5 Å². The minimum Gasteiger partial charge on any atom is -0.490 e. The lowest BCUT2D eigenvalue weighted by atomic mass is 9.87. The fraction of sp³-hybridized carbons (Fsp3) is 0.455. The van der Waals surface area contributed by atoms with Crippen LogP contribution in [0.2, 0.25) is 0 Å². The first-order chi connectivity index (χ1) is 20.6. The van der Waals surface area contributed by atoms with Crippen molar-refractivity contribution in [3.63, 3.8) is 0 Å². The first-order valence-corrected chi connectivity index (χ1v) is 14.8. The monoisotopic (exact) mass is 581 g/mol. The molecule has 0 unspecified atom stereocenters. The summed E-state index contributed by atoms with van der Waals surface area (Å²) in [6.45, 7) is 7.02. The molecule has 0 aromatic heterocycles. The van der Waals surface area contributed by atoms with E-state index in [0.717, 1.165) is 86.4 Å². The maximum atomic E-state index is 13.7. The SMILES string of the molecule is COCCCN1CCOc2ccc(CO[C@H]3CNCC[C@@H]3c3ccc(CNCCOc4cc(F)ccc4F)cc3)cc21. The van der Waals surface area contributed by atoms with Gasteiger partial charge in [-0.3, -0.25) is 0 Å². The van der Waals surface area contributed by atoms with Gasteiger partial charge in [0.25, 0.3) is 0 Å². The standard InChI is InChI=1S/C33H41F2N3O4/c1-39-16-2-14-38-15-18-41-31-10-5-25(19-30(31)38)23-42-33-22-36-12-11-28(33)26-6-3-24(4-7-26)21-37-13-17-40-32-20-27(34)8-9-29(32)35/h3-10,19-20,28,33,36-37H,2,11-18,21-23H2,1H3/t28-,33+/m1/s1. The van der Waals surface area contributed by atoms with Crippen molar-refractivity contribution in [3.8, 4) is 11.5 Å². The highest BCUT2D eigenvalue weighted by Gasteiger charge is 2.27. The van der Waals surface area contributed by atoms with Gasteiger partial charge in [0.05, 0.1) is 24.9 Å². The molecule has 0 bridgehead atoms. The van der Waals surface area contributed by atoms with Gasteiger partial charge in [-0.05, 0) is 60.3 Å². The largest absolute Gasteiger partial charge is 0.490 e. The molecule has 2 N–H and O–H groups in total. The smallest absolute Gasteiger partial charge is 0.165 e. The van der Waals surface area contributed by atoms with Crippen LogP contribution in [0.15, 0.2) is 60.7 Å². The summed E-state index contributed by atoms with van der Waals surface area (Å²) in [6, 6.07) is 18.2. The van der Waals surface area contributed by atoms with E-state index in [1.807, 2.05) is 0 Å². The predicted molar refractivity (Wildman–Crippen MR) is 159 cm³/mol.